The van der Waals surface area contributed by atoms with Crippen LogP contribution < -0.4 is 0 Å². The lowest BCUT2D eigenvalue weighted by Gasteiger charge is -2.05. The van der Waals surface area contributed by atoms with Gasteiger partial charge in [0.05, 0.1) is 0 Å². The van der Waals surface area contributed by atoms with E-state index in [1.807, 2.05) is 10.8 Å². The van der Waals surface area contributed by atoms with Crippen LogP contribution in [0, 0.1) is 0 Å². The van der Waals surface area contributed by atoms with Crippen molar-refractivity contribution in [1.29, 1.82) is 0 Å². The topological polar surface area (TPSA) is 34.1 Å². The molecule has 0 aromatic carbocycles. The molecule has 1 aromatic heterocycles. The van der Waals surface area contributed by atoms with Crippen LogP contribution in [-0.4, -0.2) is 11.6 Å². The molecule has 0 aliphatic heterocycles. The van der Waals surface area contributed by atoms with Gasteiger partial charge in [-0.3, -0.25) is 9.59 Å². The number of ketones is 2. The number of Topliss-reactive ketones (excluding diaryl/α,β-unsaturated/α-hetero) is 2. The highest BCUT2D eigenvalue weighted by molar-refractivity contribution is 7.08. The van der Waals surface area contributed by atoms with E-state index in [0.29, 0.717) is 24.0 Å². The molecule has 0 saturated heterocycles. The molecule has 0 aliphatic carbocycles. The number of carbonyl (C=O) groups excluding carboxylic acids is 2. The fourth-order valence-electron chi connectivity index (χ4n) is 3.84. The van der Waals surface area contributed by atoms with Gasteiger partial charge in [0.2, 0.25) is 0 Å². The van der Waals surface area contributed by atoms with Crippen LogP contribution in [0.1, 0.15) is 150 Å². The van der Waals surface area contributed by atoms with Gasteiger partial charge in [0.15, 0.2) is 11.6 Å². The maximum Gasteiger partial charge on any atom is 0.164 e. The molecule has 0 saturated carbocycles. The summed E-state index contributed by atoms with van der Waals surface area (Å²) in [6.45, 7) is 4.48. The molecule has 1 rings (SSSR count). The third kappa shape index (κ3) is 12.4. The van der Waals surface area contributed by atoms with Gasteiger partial charge in [-0.05, 0) is 12.8 Å². The molecule has 0 fully saturated rings. The van der Waals surface area contributed by atoms with Crippen LogP contribution in [0.3, 0.4) is 0 Å². The highest BCUT2D eigenvalue weighted by Crippen LogP contribution is 2.22. The Morgan fingerprint density at radius 2 is 0.862 bits per heavy atom. The van der Waals surface area contributed by atoms with Crippen LogP contribution in [0.15, 0.2) is 10.8 Å². The largest absolute Gasteiger partial charge is 0.294 e. The Balaban J connectivity index is 2.19. The number of hydrogen-bond donors (Lipinski definition) is 0. The molecule has 0 aliphatic rings. The molecule has 29 heavy (non-hydrogen) atoms. The van der Waals surface area contributed by atoms with Crippen molar-refractivity contribution in [2.24, 2.45) is 0 Å². The monoisotopic (exact) mass is 420 g/mol. The Morgan fingerprint density at radius 3 is 1.21 bits per heavy atom. The number of carbonyl (C=O) groups is 2. The first-order chi connectivity index (χ1) is 14.2. The molecule has 2 nitrogen and oxygen atoms in total. The number of rotatable bonds is 20. The minimum Gasteiger partial charge on any atom is -0.294 e. The molecule has 0 bridgehead atoms. The molecular weight excluding hydrogens is 376 g/mol. The van der Waals surface area contributed by atoms with E-state index in [9.17, 15) is 9.59 Å². The van der Waals surface area contributed by atoms with Crippen LogP contribution in [0.5, 0.6) is 0 Å². The van der Waals surface area contributed by atoms with Gasteiger partial charge in [0.25, 0.3) is 0 Å². The van der Waals surface area contributed by atoms with Crippen molar-refractivity contribution in [2.75, 3.05) is 0 Å². The summed E-state index contributed by atoms with van der Waals surface area (Å²) in [6, 6.07) is 0. The van der Waals surface area contributed by atoms with Gasteiger partial charge in [0.1, 0.15) is 0 Å². The van der Waals surface area contributed by atoms with Crippen LogP contribution in [0.25, 0.3) is 0 Å². The fourth-order valence-corrected chi connectivity index (χ4v) is 4.69. The summed E-state index contributed by atoms with van der Waals surface area (Å²) in [4.78, 5) is 25.1. The zero-order chi connectivity index (χ0) is 21.2. The van der Waals surface area contributed by atoms with Gasteiger partial charge in [-0.2, -0.15) is 11.3 Å². The second-order valence-electron chi connectivity index (χ2n) is 8.50. The van der Waals surface area contributed by atoms with Gasteiger partial charge in [-0.1, -0.05) is 104 Å². The Bertz CT molecular complexity index is 500. The zero-order valence-corrected chi connectivity index (χ0v) is 19.9. The summed E-state index contributed by atoms with van der Waals surface area (Å²) >= 11 is 1.49. The second kappa shape index (κ2) is 17.9. The lowest BCUT2D eigenvalue weighted by atomic mass is 9.98. The molecule has 0 radical (unpaired) electrons. The van der Waals surface area contributed by atoms with Gasteiger partial charge >= 0.3 is 0 Å². The molecule has 0 amide bonds. The van der Waals surface area contributed by atoms with Crippen molar-refractivity contribution in [3.05, 3.63) is 21.9 Å². The lowest BCUT2D eigenvalue weighted by Crippen LogP contribution is -2.06. The highest BCUT2D eigenvalue weighted by atomic mass is 32.1. The first-order valence-corrected chi connectivity index (χ1v) is 13.3. The first kappa shape index (κ1) is 26.1. The van der Waals surface area contributed by atoms with Gasteiger partial charge < -0.3 is 0 Å². The van der Waals surface area contributed by atoms with Gasteiger partial charge in [-0.25, -0.2) is 0 Å². The molecule has 0 N–H and O–H groups in total. The quantitative estimate of drug-likeness (QED) is 0.156. The molecule has 1 aromatic rings. The van der Waals surface area contributed by atoms with E-state index in [-0.39, 0.29) is 11.6 Å². The van der Waals surface area contributed by atoms with E-state index in [1.54, 1.807) is 0 Å². The molecular formula is C26H44O2S. The number of hydrogen-bond acceptors (Lipinski definition) is 3. The summed E-state index contributed by atoms with van der Waals surface area (Å²) < 4.78 is 0. The summed E-state index contributed by atoms with van der Waals surface area (Å²) in [7, 11) is 0. The van der Waals surface area contributed by atoms with E-state index in [1.165, 1.54) is 88.4 Å². The average Bonchev–Trinajstić information content (AvgIpc) is 3.22. The third-order valence-corrected chi connectivity index (χ3v) is 6.52. The summed E-state index contributed by atoms with van der Waals surface area (Å²) in [5.41, 5.74) is 1.37. The molecule has 1 heterocycles. The number of thiophene rings is 1. The Morgan fingerprint density at radius 1 is 0.552 bits per heavy atom. The zero-order valence-electron chi connectivity index (χ0n) is 19.1. The van der Waals surface area contributed by atoms with Crippen LogP contribution >= 0.6 is 11.3 Å². The Hall–Kier alpha value is -0.960. The number of unbranched alkanes of at least 4 members (excludes halogenated alkanes) is 14. The van der Waals surface area contributed by atoms with Gasteiger partial charge in [0, 0.05) is 34.7 Å². The Labute approximate surface area is 183 Å². The standard InChI is InChI=1S/C26H44O2S/c1-3-5-7-9-11-13-15-17-19-25(27)23-21-29-22-24(23)26(28)20-18-16-14-12-10-8-6-4-2/h21-22H,3-20H2,1-2H3. The molecule has 166 valence electrons. The van der Waals surface area contributed by atoms with Gasteiger partial charge in [-0.15, -0.1) is 0 Å². The first-order valence-electron chi connectivity index (χ1n) is 12.3. The van der Waals surface area contributed by atoms with E-state index < -0.39 is 0 Å². The normalized spacial score (nSPS) is 11.1. The lowest BCUT2D eigenvalue weighted by molar-refractivity contribution is 0.0947. The molecule has 0 unspecified atom stereocenters. The summed E-state index contributed by atoms with van der Waals surface area (Å²) in [5, 5.41) is 3.77. The van der Waals surface area contributed by atoms with E-state index >= 15 is 0 Å². The van der Waals surface area contributed by atoms with Crippen molar-refractivity contribution in [3.8, 4) is 0 Å². The van der Waals surface area contributed by atoms with Crippen LogP contribution in [0.2, 0.25) is 0 Å². The van der Waals surface area contributed by atoms with Crippen LogP contribution in [-0.2, 0) is 0 Å². The van der Waals surface area contributed by atoms with E-state index in [2.05, 4.69) is 13.8 Å². The van der Waals surface area contributed by atoms with Crippen molar-refractivity contribution in [3.63, 3.8) is 0 Å². The molecule has 0 spiro atoms. The fraction of sp³-hybridized carbons (Fsp3) is 0.769. The van der Waals surface area contributed by atoms with Crippen molar-refractivity contribution in [1.82, 2.24) is 0 Å². The Kier molecular flexibility index (Phi) is 16.1. The average molecular weight is 421 g/mol. The predicted octanol–water partition coefficient (Wildman–Crippen LogP) is 9.18. The minimum absolute atomic E-state index is 0.163. The highest BCUT2D eigenvalue weighted by Gasteiger charge is 2.17. The van der Waals surface area contributed by atoms with E-state index in [0.717, 1.165) is 25.7 Å². The maximum absolute atomic E-state index is 12.6. The molecule has 0 atom stereocenters. The van der Waals surface area contributed by atoms with Crippen molar-refractivity contribution in [2.45, 2.75) is 129 Å². The summed E-state index contributed by atoms with van der Waals surface area (Å²) in [6.07, 6.45) is 20.9. The predicted molar refractivity (Wildman–Crippen MR) is 127 cm³/mol. The smallest absolute Gasteiger partial charge is 0.164 e. The second-order valence-corrected chi connectivity index (χ2v) is 9.24. The third-order valence-electron chi connectivity index (χ3n) is 5.78. The van der Waals surface area contributed by atoms with Crippen molar-refractivity contribution < 1.29 is 9.59 Å². The molecule has 3 heteroatoms. The SMILES string of the molecule is CCCCCCCCCCC(=O)c1cscc1C(=O)CCCCCCCCCC. The summed E-state index contributed by atoms with van der Waals surface area (Å²) in [5.74, 6) is 0.327. The van der Waals surface area contributed by atoms with E-state index in [4.69, 9.17) is 0 Å². The maximum atomic E-state index is 12.6. The van der Waals surface area contributed by atoms with Crippen LogP contribution in [0.4, 0.5) is 0 Å². The van der Waals surface area contributed by atoms with Crippen molar-refractivity contribution >= 4 is 22.9 Å². The minimum atomic E-state index is 0.163.